The van der Waals surface area contributed by atoms with Crippen molar-refractivity contribution in [3.8, 4) is 0 Å². The molecule has 21 heavy (non-hydrogen) atoms. The summed E-state index contributed by atoms with van der Waals surface area (Å²) in [4.78, 5) is 43.5. The maximum absolute atomic E-state index is 11.2. The second-order valence-corrected chi connectivity index (χ2v) is 4.48. The van der Waals surface area contributed by atoms with E-state index >= 15 is 0 Å². The fourth-order valence-electron chi connectivity index (χ4n) is 1.44. The van der Waals surface area contributed by atoms with Gasteiger partial charge in [0.2, 0.25) is 0 Å². The van der Waals surface area contributed by atoms with Gasteiger partial charge in [0.05, 0.1) is 6.61 Å². The Labute approximate surface area is 121 Å². The summed E-state index contributed by atoms with van der Waals surface area (Å²) in [6, 6.07) is 0. The third kappa shape index (κ3) is 7.66. The average Bonchev–Trinajstić information content (AvgIpc) is 2.35. The van der Waals surface area contributed by atoms with Gasteiger partial charge in [0.25, 0.3) is 0 Å². The molecule has 0 aliphatic heterocycles. The van der Waals surface area contributed by atoms with Crippen LogP contribution >= 0.6 is 0 Å². The zero-order valence-electron chi connectivity index (χ0n) is 11.9. The number of rotatable bonds is 9. The Morgan fingerprint density at radius 1 is 1.14 bits per heavy atom. The summed E-state index contributed by atoms with van der Waals surface area (Å²) >= 11 is 0. The largest absolute Gasteiger partial charge is 0.478 e. The van der Waals surface area contributed by atoms with Crippen LogP contribution in [0, 0.1) is 5.92 Å². The van der Waals surface area contributed by atoms with Crippen LogP contribution in [-0.2, 0) is 23.9 Å². The highest BCUT2D eigenvalue weighted by Gasteiger charge is 2.18. The molecule has 0 radical (unpaired) electrons. The van der Waals surface area contributed by atoms with Gasteiger partial charge >= 0.3 is 17.9 Å². The van der Waals surface area contributed by atoms with Crippen LogP contribution in [0.3, 0.4) is 0 Å². The number of carbonyl (C=O) groups is 4. The molecule has 0 aliphatic carbocycles. The van der Waals surface area contributed by atoms with Gasteiger partial charge in [-0.15, -0.1) is 0 Å². The first-order chi connectivity index (χ1) is 9.65. The predicted molar refractivity (Wildman–Crippen MR) is 72.5 cm³/mol. The summed E-state index contributed by atoms with van der Waals surface area (Å²) in [5.41, 5.74) is -0.226. The van der Waals surface area contributed by atoms with Crippen molar-refractivity contribution in [3.05, 3.63) is 23.8 Å². The Kier molecular flexibility index (Phi) is 7.67. The van der Waals surface area contributed by atoms with Crippen molar-refractivity contribution in [1.29, 1.82) is 0 Å². The summed E-state index contributed by atoms with van der Waals surface area (Å²) in [6.45, 7) is 5.82. The van der Waals surface area contributed by atoms with E-state index in [-0.39, 0.29) is 36.4 Å². The summed E-state index contributed by atoms with van der Waals surface area (Å²) < 4.78 is 4.78. The summed E-state index contributed by atoms with van der Waals surface area (Å²) in [5.74, 6) is -4.26. The third-order valence-electron chi connectivity index (χ3n) is 2.60. The molecule has 0 heterocycles. The van der Waals surface area contributed by atoms with E-state index < -0.39 is 23.8 Å². The van der Waals surface area contributed by atoms with Crippen LogP contribution < -0.4 is 0 Å². The van der Waals surface area contributed by atoms with E-state index in [0.717, 1.165) is 0 Å². The Morgan fingerprint density at radius 3 is 2.14 bits per heavy atom. The van der Waals surface area contributed by atoms with Crippen molar-refractivity contribution in [2.75, 3.05) is 6.61 Å². The van der Waals surface area contributed by atoms with Gasteiger partial charge in [-0.3, -0.25) is 9.59 Å². The Morgan fingerprint density at radius 2 is 1.71 bits per heavy atom. The molecule has 0 amide bonds. The molecule has 2 N–H and O–H groups in total. The number of aliphatic carboxylic acids is 2. The molecule has 0 aromatic heterocycles. The summed E-state index contributed by atoms with van der Waals surface area (Å²) in [7, 11) is 0. The second kappa shape index (κ2) is 8.68. The number of hydrogen-bond donors (Lipinski definition) is 2. The minimum Gasteiger partial charge on any atom is -0.478 e. The SMILES string of the molecule is C=C(C(=O)O)C(C=C(C)C(=O)O)CCOC(=O)CC(C)=O. The van der Waals surface area contributed by atoms with Gasteiger partial charge in [-0.05, 0) is 20.3 Å². The number of carbonyl (C=O) groups excluding carboxylic acids is 2. The monoisotopic (exact) mass is 298 g/mol. The van der Waals surface area contributed by atoms with Crippen molar-refractivity contribution in [3.63, 3.8) is 0 Å². The highest BCUT2D eigenvalue weighted by atomic mass is 16.5. The highest BCUT2D eigenvalue weighted by molar-refractivity contribution is 5.94. The normalized spacial score (nSPS) is 12.4. The molecular formula is C14H18O7. The van der Waals surface area contributed by atoms with Crippen molar-refractivity contribution in [2.24, 2.45) is 5.92 Å². The predicted octanol–water partition coefficient (Wildman–Crippen LogP) is 1.19. The van der Waals surface area contributed by atoms with Gasteiger partial charge in [0, 0.05) is 17.1 Å². The Hall–Kier alpha value is -2.44. The lowest BCUT2D eigenvalue weighted by Gasteiger charge is -2.13. The lowest BCUT2D eigenvalue weighted by molar-refractivity contribution is -0.146. The number of allylic oxidation sites excluding steroid dienone is 1. The quantitative estimate of drug-likeness (QED) is 0.373. The van der Waals surface area contributed by atoms with Crippen LogP contribution in [0.4, 0.5) is 0 Å². The number of ether oxygens (including phenoxy) is 1. The minimum atomic E-state index is -1.26. The lowest BCUT2D eigenvalue weighted by Crippen LogP contribution is -2.16. The van der Waals surface area contributed by atoms with Crippen molar-refractivity contribution < 1.29 is 34.1 Å². The standard InChI is InChI=1S/C14H18O7/c1-8(13(17)18)6-11(10(3)14(19)20)4-5-21-12(16)7-9(2)15/h6,11H,3-5,7H2,1-2H3,(H,17,18)(H,19,20). The molecule has 0 aromatic rings. The molecule has 0 spiro atoms. The molecular weight excluding hydrogens is 280 g/mol. The topological polar surface area (TPSA) is 118 Å². The van der Waals surface area contributed by atoms with Crippen LogP contribution in [0.25, 0.3) is 0 Å². The van der Waals surface area contributed by atoms with Crippen molar-refractivity contribution in [1.82, 2.24) is 0 Å². The molecule has 0 rings (SSSR count). The Bertz CT molecular complexity index is 488. The molecule has 0 bridgehead atoms. The fraction of sp³-hybridized carbons (Fsp3) is 0.429. The smallest absolute Gasteiger partial charge is 0.331 e. The Balaban J connectivity index is 4.71. The van der Waals surface area contributed by atoms with Crippen LogP contribution in [0.15, 0.2) is 23.8 Å². The van der Waals surface area contributed by atoms with Crippen LogP contribution in [0.2, 0.25) is 0 Å². The first kappa shape index (κ1) is 18.6. The number of Topliss-reactive ketones (excluding diaryl/α,β-unsaturated/α-hetero) is 1. The second-order valence-electron chi connectivity index (χ2n) is 4.48. The molecule has 0 aromatic carbocycles. The first-order valence-corrected chi connectivity index (χ1v) is 6.14. The average molecular weight is 298 g/mol. The van der Waals surface area contributed by atoms with E-state index in [1.807, 2.05) is 0 Å². The van der Waals surface area contributed by atoms with Gasteiger partial charge in [-0.2, -0.15) is 0 Å². The zero-order chi connectivity index (χ0) is 16.6. The van der Waals surface area contributed by atoms with Crippen molar-refractivity contribution in [2.45, 2.75) is 26.7 Å². The van der Waals surface area contributed by atoms with E-state index in [9.17, 15) is 19.2 Å². The lowest BCUT2D eigenvalue weighted by atomic mass is 9.95. The van der Waals surface area contributed by atoms with Gasteiger partial charge in [0.1, 0.15) is 12.2 Å². The van der Waals surface area contributed by atoms with Gasteiger partial charge < -0.3 is 14.9 Å². The molecule has 0 saturated heterocycles. The van der Waals surface area contributed by atoms with Gasteiger partial charge in [-0.1, -0.05) is 12.7 Å². The van der Waals surface area contributed by atoms with E-state index in [1.54, 1.807) is 0 Å². The van der Waals surface area contributed by atoms with Gasteiger partial charge in [0.15, 0.2) is 0 Å². The summed E-state index contributed by atoms with van der Waals surface area (Å²) in [6.07, 6.45) is 0.964. The maximum atomic E-state index is 11.2. The van der Waals surface area contributed by atoms with E-state index in [4.69, 9.17) is 14.9 Å². The van der Waals surface area contributed by atoms with E-state index in [0.29, 0.717) is 0 Å². The molecule has 0 fully saturated rings. The molecule has 0 aliphatic rings. The molecule has 116 valence electrons. The fourth-order valence-corrected chi connectivity index (χ4v) is 1.44. The molecule has 7 nitrogen and oxygen atoms in total. The van der Waals surface area contributed by atoms with Crippen LogP contribution in [0.5, 0.6) is 0 Å². The third-order valence-corrected chi connectivity index (χ3v) is 2.60. The zero-order valence-corrected chi connectivity index (χ0v) is 11.9. The number of carboxylic acid groups (broad SMARTS) is 2. The minimum absolute atomic E-state index is 0.0301. The molecule has 7 heteroatoms. The van der Waals surface area contributed by atoms with Crippen LogP contribution in [0.1, 0.15) is 26.7 Å². The number of esters is 1. The van der Waals surface area contributed by atoms with E-state index in [2.05, 4.69) is 6.58 Å². The molecule has 1 atom stereocenters. The molecule has 1 unspecified atom stereocenters. The highest BCUT2D eigenvalue weighted by Crippen LogP contribution is 2.18. The number of ketones is 1. The number of hydrogen-bond acceptors (Lipinski definition) is 5. The maximum Gasteiger partial charge on any atom is 0.331 e. The van der Waals surface area contributed by atoms with Crippen LogP contribution in [-0.4, -0.2) is 40.5 Å². The van der Waals surface area contributed by atoms with Crippen molar-refractivity contribution >= 4 is 23.7 Å². The first-order valence-electron chi connectivity index (χ1n) is 6.14. The van der Waals surface area contributed by atoms with Gasteiger partial charge in [-0.25, -0.2) is 9.59 Å². The van der Waals surface area contributed by atoms with E-state index in [1.165, 1.54) is 19.9 Å². The number of carboxylic acids is 2. The summed E-state index contributed by atoms with van der Waals surface area (Å²) in [5, 5.41) is 17.7. The molecule has 0 saturated carbocycles.